The lowest BCUT2D eigenvalue weighted by atomic mass is 9.96. The van der Waals surface area contributed by atoms with Gasteiger partial charge in [0.15, 0.2) is 11.5 Å². The number of hydrogen-bond acceptors (Lipinski definition) is 5. The highest BCUT2D eigenvalue weighted by molar-refractivity contribution is 5.53. The SMILES string of the molecule is C=CCC[C@@H](c1cc(C#N)cc(OC)c1O)N1CCNCC1. The second kappa shape index (κ2) is 7.83. The molecule has 1 aliphatic rings. The highest BCUT2D eigenvalue weighted by Gasteiger charge is 2.26. The molecule has 1 aromatic carbocycles. The summed E-state index contributed by atoms with van der Waals surface area (Å²) in [6, 6.07) is 5.54. The maximum absolute atomic E-state index is 10.5. The van der Waals surface area contributed by atoms with Crippen LogP contribution in [0.3, 0.4) is 0 Å². The van der Waals surface area contributed by atoms with E-state index in [9.17, 15) is 10.4 Å². The zero-order chi connectivity index (χ0) is 15.9. The number of benzene rings is 1. The largest absolute Gasteiger partial charge is 0.504 e. The Morgan fingerprint density at radius 1 is 1.50 bits per heavy atom. The maximum Gasteiger partial charge on any atom is 0.162 e. The van der Waals surface area contributed by atoms with Gasteiger partial charge < -0.3 is 15.2 Å². The first kappa shape index (κ1) is 16.3. The molecule has 1 fully saturated rings. The van der Waals surface area contributed by atoms with Crippen LogP contribution in [0.5, 0.6) is 11.5 Å². The van der Waals surface area contributed by atoms with Crippen molar-refractivity contribution in [1.29, 1.82) is 5.26 Å². The molecule has 0 aromatic heterocycles. The maximum atomic E-state index is 10.5. The van der Waals surface area contributed by atoms with Gasteiger partial charge >= 0.3 is 0 Å². The average Bonchev–Trinajstić information content (AvgIpc) is 2.57. The first-order valence-corrected chi connectivity index (χ1v) is 7.58. The average molecular weight is 301 g/mol. The number of allylic oxidation sites excluding steroid dienone is 1. The highest BCUT2D eigenvalue weighted by atomic mass is 16.5. The van der Waals surface area contributed by atoms with Crippen LogP contribution in [-0.4, -0.2) is 43.3 Å². The summed E-state index contributed by atoms with van der Waals surface area (Å²) in [5.41, 5.74) is 1.27. The minimum absolute atomic E-state index is 0.0577. The number of methoxy groups -OCH3 is 1. The van der Waals surface area contributed by atoms with Gasteiger partial charge in [-0.2, -0.15) is 5.26 Å². The van der Waals surface area contributed by atoms with Gasteiger partial charge in [-0.1, -0.05) is 6.08 Å². The Morgan fingerprint density at radius 2 is 2.23 bits per heavy atom. The summed E-state index contributed by atoms with van der Waals surface area (Å²) >= 11 is 0. The standard InChI is InChI=1S/C17H23N3O2/c1-3-4-5-15(20-8-6-19-7-9-20)14-10-13(12-18)11-16(22-2)17(14)21/h3,10-11,15,19,21H,1,4-9H2,2H3/t15-/m0/s1. The molecule has 0 radical (unpaired) electrons. The molecule has 5 nitrogen and oxygen atoms in total. The molecule has 1 heterocycles. The van der Waals surface area contributed by atoms with E-state index >= 15 is 0 Å². The molecule has 0 aliphatic carbocycles. The number of piperazine rings is 1. The van der Waals surface area contributed by atoms with Gasteiger partial charge in [0.1, 0.15) is 0 Å². The summed E-state index contributed by atoms with van der Waals surface area (Å²) < 4.78 is 5.22. The fourth-order valence-electron chi connectivity index (χ4n) is 2.91. The lowest BCUT2D eigenvalue weighted by Crippen LogP contribution is -2.45. The Labute approximate surface area is 131 Å². The number of nitrogens with one attached hydrogen (secondary N) is 1. The zero-order valence-corrected chi connectivity index (χ0v) is 13.0. The van der Waals surface area contributed by atoms with E-state index in [1.54, 1.807) is 12.1 Å². The molecule has 0 amide bonds. The third-order valence-electron chi connectivity index (χ3n) is 4.05. The number of nitriles is 1. The third kappa shape index (κ3) is 3.59. The van der Waals surface area contributed by atoms with Gasteiger partial charge in [0.25, 0.3) is 0 Å². The van der Waals surface area contributed by atoms with E-state index in [-0.39, 0.29) is 11.8 Å². The van der Waals surface area contributed by atoms with E-state index in [4.69, 9.17) is 4.74 Å². The van der Waals surface area contributed by atoms with Crippen LogP contribution < -0.4 is 10.1 Å². The lowest BCUT2D eigenvalue weighted by molar-refractivity contribution is 0.163. The third-order valence-corrected chi connectivity index (χ3v) is 4.05. The van der Waals surface area contributed by atoms with Crippen molar-refractivity contribution >= 4 is 0 Å². The summed E-state index contributed by atoms with van der Waals surface area (Å²) in [5, 5.41) is 23.1. The summed E-state index contributed by atoms with van der Waals surface area (Å²) in [4.78, 5) is 2.34. The minimum atomic E-state index is 0.0577. The van der Waals surface area contributed by atoms with E-state index in [2.05, 4.69) is 22.9 Å². The topological polar surface area (TPSA) is 68.5 Å². The van der Waals surface area contributed by atoms with Gasteiger partial charge in [0.2, 0.25) is 0 Å². The number of phenols is 1. The second-order valence-corrected chi connectivity index (χ2v) is 5.40. The minimum Gasteiger partial charge on any atom is -0.504 e. The molecule has 0 spiro atoms. The van der Waals surface area contributed by atoms with Crippen LogP contribution in [0.15, 0.2) is 24.8 Å². The van der Waals surface area contributed by atoms with Crippen molar-refractivity contribution < 1.29 is 9.84 Å². The van der Waals surface area contributed by atoms with E-state index in [0.29, 0.717) is 11.3 Å². The Bertz CT molecular complexity index is 560. The van der Waals surface area contributed by atoms with Gasteiger partial charge in [-0.05, 0) is 18.9 Å². The van der Waals surface area contributed by atoms with Crippen LogP contribution in [0, 0.1) is 11.3 Å². The second-order valence-electron chi connectivity index (χ2n) is 5.40. The molecule has 1 saturated heterocycles. The van der Waals surface area contributed by atoms with Crippen molar-refractivity contribution in [1.82, 2.24) is 10.2 Å². The summed E-state index contributed by atoms with van der Waals surface area (Å²) in [7, 11) is 1.50. The molecule has 0 saturated carbocycles. The fourth-order valence-corrected chi connectivity index (χ4v) is 2.91. The van der Waals surface area contributed by atoms with Gasteiger partial charge in [-0.15, -0.1) is 6.58 Å². The van der Waals surface area contributed by atoms with Gasteiger partial charge in [-0.25, -0.2) is 0 Å². The molecule has 2 rings (SSSR count). The van der Waals surface area contributed by atoms with Crippen molar-refractivity contribution in [2.45, 2.75) is 18.9 Å². The summed E-state index contributed by atoms with van der Waals surface area (Å²) in [6.45, 7) is 7.49. The van der Waals surface area contributed by atoms with Crippen LogP contribution in [0.4, 0.5) is 0 Å². The summed E-state index contributed by atoms with van der Waals surface area (Å²) in [5.74, 6) is 0.488. The van der Waals surface area contributed by atoms with E-state index in [1.807, 2.05) is 6.08 Å². The summed E-state index contributed by atoms with van der Waals surface area (Å²) in [6.07, 6.45) is 3.60. The molecule has 2 N–H and O–H groups in total. The van der Waals surface area contributed by atoms with Crippen molar-refractivity contribution in [3.8, 4) is 17.6 Å². The molecule has 5 heteroatoms. The number of hydrogen-bond donors (Lipinski definition) is 2. The van der Waals surface area contributed by atoms with Crippen LogP contribution in [0.1, 0.15) is 30.0 Å². The first-order valence-electron chi connectivity index (χ1n) is 7.58. The zero-order valence-electron chi connectivity index (χ0n) is 13.0. The molecule has 0 unspecified atom stereocenters. The lowest BCUT2D eigenvalue weighted by Gasteiger charge is -2.35. The van der Waals surface area contributed by atoms with E-state index < -0.39 is 0 Å². The number of rotatable bonds is 6. The van der Waals surface area contributed by atoms with Crippen molar-refractivity contribution in [2.24, 2.45) is 0 Å². The van der Waals surface area contributed by atoms with Gasteiger partial charge in [-0.3, -0.25) is 4.90 Å². The highest BCUT2D eigenvalue weighted by Crippen LogP contribution is 2.39. The van der Waals surface area contributed by atoms with Crippen LogP contribution in [0.25, 0.3) is 0 Å². The van der Waals surface area contributed by atoms with Crippen LogP contribution in [-0.2, 0) is 0 Å². The molecule has 1 aliphatic heterocycles. The monoisotopic (exact) mass is 301 g/mol. The molecule has 118 valence electrons. The Balaban J connectivity index is 2.40. The Kier molecular flexibility index (Phi) is 5.82. The number of nitrogens with zero attached hydrogens (tertiary/aromatic N) is 2. The smallest absolute Gasteiger partial charge is 0.162 e. The van der Waals surface area contributed by atoms with E-state index in [1.165, 1.54) is 7.11 Å². The Hall–Kier alpha value is -2.03. The van der Waals surface area contributed by atoms with Crippen LogP contribution in [0.2, 0.25) is 0 Å². The van der Waals surface area contributed by atoms with E-state index in [0.717, 1.165) is 44.6 Å². The molecule has 1 aromatic rings. The first-order chi connectivity index (χ1) is 10.7. The predicted molar refractivity (Wildman–Crippen MR) is 86.0 cm³/mol. The van der Waals surface area contributed by atoms with Crippen LogP contribution >= 0.6 is 0 Å². The molecule has 0 bridgehead atoms. The number of phenolic OH excluding ortho intramolecular Hbond substituents is 1. The Morgan fingerprint density at radius 3 is 2.82 bits per heavy atom. The van der Waals surface area contributed by atoms with Gasteiger partial charge in [0.05, 0.1) is 18.7 Å². The number of aromatic hydroxyl groups is 1. The quantitative estimate of drug-likeness (QED) is 0.788. The molecule has 1 atom stereocenters. The van der Waals surface area contributed by atoms with Crippen molar-refractivity contribution in [3.05, 3.63) is 35.9 Å². The molecule has 22 heavy (non-hydrogen) atoms. The molecular formula is C17H23N3O2. The van der Waals surface area contributed by atoms with Gasteiger partial charge in [0, 0.05) is 43.9 Å². The van der Waals surface area contributed by atoms with Crippen molar-refractivity contribution in [3.63, 3.8) is 0 Å². The molecular weight excluding hydrogens is 278 g/mol. The normalized spacial score (nSPS) is 16.7. The number of ether oxygens (including phenoxy) is 1. The van der Waals surface area contributed by atoms with Crippen molar-refractivity contribution in [2.75, 3.05) is 33.3 Å². The fraction of sp³-hybridized carbons (Fsp3) is 0.471. The predicted octanol–water partition coefficient (Wildman–Crippen LogP) is 2.18.